The Hall–Kier alpha value is -2.73. The summed E-state index contributed by atoms with van der Waals surface area (Å²) in [6.45, 7) is 3.53. The van der Waals surface area contributed by atoms with Crippen LogP contribution in [0.1, 0.15) is 36.8 Å². The second-order valence-corrected chi connectivity index (χ2v) is 8.62. The number of aromatic amines is 1. The van der Waals surface area contributed by atoms with Crippen LogP contribution in [0.5, 0.6) is 0 Å². The fraction of sp³-hybridized carbons (Fsp3) is 0.375. The van der Waals surface area contributed by atoms with Gasteiger partial charge in [0, 0.05) is 24.4 Å². The van der Waals surface area contributed by atoms with Gasteiger partial charge in [-0.2, -0.15) is 0 Å². The average molecular weight is 421 g/mol. The van der Waals surface area contributed by atoms with Crippen molar-refractivity contribution in [3.63, 3.8) is 0 Å². The molecule has 6 heteroatoms. The fourth-order valence-electron chi connectivity index (χ4n) is 4.15. The van der Waals surface area contributed by atoms with Gasteiger partial charge in [0.15, 0.2) is 4.77 Å². The summed E-state index contributed by atoms with van der Waals surface area (Å²) in [6, 6.07) is 16.4. The second-order valence-electron chi connectivity index (χ2n) is 8.24. The Labute approximate surface area is 182 Å². The number of carbonyl (C=O) groups excluding carboxylic acids is 1. The lowest BCUT2D eigenvalue weighted by Crippen LogP contribution is -2.33. The number of hydrogen-bond acceptors (Lipinski definition) is 4. The average Bonchev–Trinajstić information content (AvgIpc) is 2.77. The molecule has 0 atom stereocenters. The van der Waals surface area contributed by atoms with Crippen LogP contribution in [0.25, 0.3) is 10.9 Å². The fourth-order valence-corrected chi connectivity index (χ4v) is 4.35. The number of rotatable bonds is 6. The number of aromatic nitrogens is 2. The van der Waals surface area contributed by atoms with Crippen molar-refractivity contribution in [3.8, 4) is 0 Å². The molecule has 1 amide bonds. The minimum Gasteiger partial charge on any atom is -0.369 e. The maximum atomic E-state index is 12.6. The standard InChI is InChI=1S/C24H28N4OS/c1-16-6-8-17(9-7-16)15-26-23(29)19-12-10-18(11-13-19)14-25-22-20-4-2-3-5-21(20)27-24(30)28-22/h2-9,18-19H,10-15H2,1H3,(H,26,29)(H2,25,27,28,30). The van der Waals surface area contributed by atoms with E-state index in [0.717, 1.165) is 54.5 Å². The van der Waals surface area contributed by atoms with Crippen LogP contribution in [0.2, 0.25) is 0 Å². The molecule has 2 aromatic carbocycles. The van der Waals surface area contributed by atoms with Crippen LogP contribution in [-0.2, 0) is 11.3 Å². The molecule has 1 heterocycles. The number of aryl methyl sites for hydroxylation is 1. The summed E-state index contributed by atoms with van der Waals surface area (Å²) in [5, 5.41) is 7.65. The van der Waals surface area contributed by atoms with E-state index >= 15 is 0 Å². The van der Waals surface area contributed by atoms with E-state index in [1.54, 1.807) is 0 Å². The van der Waals surface area contributed by atoms with Crippen molar-refractivity contribution < 1.29 is 4.79 Å². The molecule has 1 aliphatic rings. The quantitative estimate of drug-likeness (QED) is 0.483. The maximum Gasteiger partial charge on any atom is 0.223 e. The summed E-state index contributed by atoms with van der Waals surface area (Å²) >= 11 is 5.26. The minimum atomic E-state index is 0.122. The molecule has 0 unspecified atom stereocenters. The minimum absolute atomic E-state index is 0.122. The molecule has 0 radical (unpaired) electrons. The molecule has 1 fully saturated rings. The molecule has 0 spiro atoms. The molecule has 3 N–H and O–H groups in total. The lowest BCUT2D eigenvalue weighted by atomic mass is 9.81. The number of fused-ring (bicyclic) bond motifs is 1. The number of H-pyrrole nitrogens is 1. The Kier molecular flexibility index (Phi) is 6.43. The summed E-state index contributed by atoms with van der Waals surface area (Å²) in [5.74, 6) is 1.69. The molecule has 4 rings (SSSR count). The van der Waals surface area contributed by atoms with E-state index in [1.165, 1.54) is 5.56 Å². The van der Waals surface area contributed by atoms with E-state index in [0.29, 0.717) is 17.2 Å². The van der Waals surface area contributed by atoms with Crippen LogP contribution in [-0.4, -0.2) is 22.4 Å². The molecule has 0 aliphatic heterocycles. The van der Waals surface area contributed by atoms with Crippen LogP contribution in [0.3, 0.4) is 0 Å². The molecule has 1 aromatic heterocycles. The normalized spacial score (nSPS) is 18.8. The van der Waals surface area contributed by atoms with Gasteiger partial charge in [-0.3, -0.25) is 4.79 Å². The highest BCUT2D eigenvalue weighted by atomic mass is 32.1. The molecule has 1 aliphatic carbocycles. The van der Waals surface area contributed by atoms with E-state index in [9.17, 15) is 4.79 Å². The second kappa shape index (κ2) is 9.39. The highest BCUT2D eigenvalue weighted by molar-refractivity contribution is 7.71. The number of nitrogens with zero attached hydrogens (tertiary/aromatic N) is 1. The number of hydrogen-bond donors (Lipinski definition) is 3. The van der Waals surface area contributed by atoms with Crippen LogP contribution in [0, 0.1) is 23.5 Å². The molecule has 0 bridgehead atoms. The summed E-state index contributed by atoms with van der Waals surface area (Å²) in [6.07, 6.45) is 3.98. The molecule has 156 valence electrons. The smallest absolute Gasteiger partial charge is 0.223 e. The third-order valence-corrected chi connectivity index (χ3v) is 6.19. The van der Waals surface area contributed by atoms with Crippen molar-refractivity contribution in [2.24, 2.45) is 11.8 Å². The molecule has 0 saturated heterocycles. The number of amides is 1. The van der Waals surface area contributed by atoms with Gasteiger partial charge in [0.2, 0.25) is 5.91 Å². The maximum absolute atomic E-state index is 12.6. The monoisotopic (exact) mass is 420 g/mol. The van der Waals surface area contributed by atoms with Crippen LogP contribution >= 0.6 is 12.2 Å². The van der Waals surface area contributed by atoms with Crippen molar-refractivity contribution in [1.82, 2.24) is 15.3 Å². The van der Waals surface area contributed by atoms with Crippen LogP contribution in [0.4, 0.5) is 5.82 Å². The van der Waals surface area contributed by atoms with E-state index in [1.807, 2.05) is 24.3 Å². The van der Waals surface area contributed by atoms with E-state index in [-0.39, 0.29) is 11.8 Å². The van der Waals surface area contributed by atoms with Gasteiger partial charge in [-0.05, 0) is 68.4 Å². The first-order chi connectivity index (χ1) is 14.6. The number of para-hydroxylation sites is 1. The van der Waals surface area contributed by atoms with Crippen molar-refractivity contribution >= 4 is 34.8 Å². The molecular formula is C24H28N4OS. The Bertz CT molecular complexity index is 1070. The first-order valence-electron chi connectivity index (χ1n) is 10.6. The molecule has 30 heavy (non-hydrogen) atoms. The lowest BCUT2D eigenvalue weighted by molar-refractivity contribution is -0.126. The van der Waals surface area contributed by atoms with Crippen molar-refractivity contribution in [2.75, 3.05) is 11.9 Å². The van der Waals surface area contributed by atoms with Gasteiger partial charge >= 0.3 is 0 Å². The van der Waals surface area contributed by atoms with Crippen molar-refractivity contribution in [1.29, 1.82) is 0 Å². The van der Waals surface area contributed by atoms with Gasteiger partial charge < -0.3 is 15.6 Å². The first kappa shape index (κ1) is 20.5. The number of carbonyl (C=O) groups is 1. The van der Waals surface area contributed by atoms with Gasteiger partial charge in [-0.15, -0.1) is 0 Å². The van der Waals surface area contributed by atoms with Gasteiger partial charge in [-0.25, -0.2) is 4.98 Å². The zero-order valence-electron chi connectivity index (χ0n) is 17.3. The lowest BCUT2D eigenvalue weighted by Gasteiger charge is -2.28. The molecule has 3 aromatic rings. The Morgan fingerprint density at radius 2 is 1.83 bits per heavy atom. The van der Waals surface area contributed by atoms with Crippen molar-refractivity contribution in [3.05, 3.63) is 64.4 Å². The first-order valence-corrected chi connectivity index (χ1v) is 11.1. The third-order valence-electron chi connectivity index (χ3n) is 6.00. The predicted octanol–water partition coefficient (Wildman–Crippen LogP) is 5.14. The third kappa shape index (κ3) is 5.05. The molecular weight excluding hydrogens is 392 g/mol. The summed E-state index contributed by atoms with van der Waals surface area (Å²) < 4.78 is 0.491. The Morgan fingerprint density at radius 3 is 2.60 bits per heavy atom. The van der Waals surface area contributed by atoms with Crippen LogP contribution < -0.4 is 10.6 Å². The topological polar surface area (TPSA) is 69.8 Å². The molecule has 5 nitrogen and oxygen atoms in total. The number of anilines is 1. The largest absolute Gasteiger partial charge is 0.369 e. The number of benzene rings is 2. The Balaban J connectivity index is 1.26. The van der Waals surface area contributed by atoms with Gasteiger partial charge in [0.1, 0.15) is 5.82 Å². The van der Waals surface area contributed by atoms with E-state index in [4.69, 9.17) is 12.2 Å². The van der Waals surface area contributed by atoms with Gasteiger partial charge in [0.05, 0.1) is 5.52 Å². The highest BCUT2D eigenvalue weighted by Gasteiger charge is 2.26. The molecule has 1 saturated carbocycles. The van der Waals surface area contributed by atoms with E-state index < -0.39 is 0 Å². The van der Waals surface area contributed by atoms with Crippen LogP contribution in [0.15, 0.2) is 48.5 Å². The zero-order chi connectivity index (χ0) is 20.9. The number of nitrogens with one attached hydrogen (secondary N) is 3. The summed E-state index contributed by atoms with van der Waals surface area (Å²) in [7, 11) is 0. The SMILES string of the molecule is Cc1ccc(CNC(=O)C2CCC(CNc3nc(=S)[nH]c4ccccc34)CC2)cc1. The summed E-state index contributed by atoms with van der Waals surface area (Å²) in [4.78, 5) is 20.2. The van der Waals surface area contributed by atoms with Gasteiger partial charge in [-0.1, -0.05) is 42.0 Å². The van der Waals surface area contributed by atoms with Crippen molar-refractivity contribution in [2.45, 2.75) is 39.2 Å². The predicted molar refractivity (Wildman–Crippen MR) is 124 cm³/mol. The Morgan fingerprint density at radius 1 is 1.10 bits per heavy atom. The van der Waals surface area contributed by atoms with Gasteiger partial charge in [0.25, 0.3) is 0 Å². The zero-order valence-corrected chi connectivity index (χ0v) is 18.1. The summed E-state index contributed by atoms with van der Waals surface area (Å²) in [5.41, 5.74) is 3.37. The van der Waals surface area contributed by atoms with E-state index in [2.05, 4.69) is 51.8 Å². The highest BCUT2D eigenvalue weighted by Crippen LogP contribution is 2.30.